The first-order valence-corrected chi connectivity index (χ1v) is 9.70. The number of aromatic amines is 1. The monoisotopic (exact) mass is 405 g/mol. The number of aromatic nitrogens is 2. The minimum atomic E-state index is -2.94. The molecule has 2 heterocycles. The van der Waals surface area contributed by atoms with Crippen molar-refractivity contribution >= 4 is 28.6 Å². The molecule has 146 valence electrons. The van der Waals surface area contributed by atoms with Crippen LogP contribution in [0.5, 0.6) is 5.75 Å². The molecule has 9 heteroatoms. The Hall–Kier alpha value is -2.81. The zero-order valence-corrected chi connectivity index (χ0v) is 15.7. The number of benzene rings is 2. The van der Waals surface area contributed by atoms with Gasteiger partial charge >= 0.3 is 6.61 Å². The molecule has 1 aliphatic heterocycles. The number of hydrogen-bond acceptors (Lipinski definition) is 4. The average Bonchev–Trinajstić information content (AvgIpc) is 2.96. The maximum absolute atomic E-state index is 12.5. The van der Waals surface area contributed by atoms with Crippen molar-refractivity contribution in [1.82, 2.24) is 15.1 Å². The Morgan fingerprint density at radius 3 is 2.75 bits per heavy atom. The van der Waals surface area contributed by atoms with E-state index in [1.807, 2.05) is 6.92 Å². The number of alkyl halides is 2. The molecule has 1 saturated heterocycles. The molecule has 0 atom stereocenters. The summed E-state index contributed by atoms with van der Waals surface area (Å²) >= 11 is 1.76. The van der Waals surface area contributed by atoms with Gasteiger partial charge in [0.15, 0.2) is 0 Å². The Bertz CT molecular complexity index is 1110. The number of nitrogens with zero attached hydrogens (tertiary/aromatic N) is 1. The molecule has 1 amide bonds. The molecule has 1 aromatic heterocycles. The van der Waals surface area contributed by atoms with Crippen LogP contribution in [0.4, 0.5) is 8.78 Å². The highest BCUT2D eigenvalue weighted by Gasteiger charge is 2.34. The van der Waals surface area contributed by atoms with Gasteiger partial charge in [-0.3, -0.25) is 19.4 Å². The van der Waals surface area contributed by atoms with Crippen LogP contribution in [0, 0.1) is 0 Å². The van der Waals surface area contributed by atoms with Crippen LogP contribution in [0.1, 0.15) is 17.3 Å². The van der Waals surface area contributed by atoms with E-state index in [1.165, 1.54) is 22.9 Å². The Morgan fingerprint density at radius 2 is 2.07 bits per heavy atom. The highest BCUT2D eigenvalue weighted by Crippen LogP contribution is 2.29. The molecule has 0 saturated carbocycles. The third-order valence-electron chi connectivity index (χ3n) is 4.52. The average molecular weight is 405 g/mol. The Morgan fingerprint density at radius 1 is 1.29 bits per heavy atom. The molecule has 1 aliphatic rings. The molecule has 28 heavy (non-hydrogen) atoms. The van der Waals surface area contributed by atoms with Crippen molar-refractivity contribution in [1.29, 1.82) is 0 Å². The van der Waals surface area contributed by atoms with Gasteiger partial charge in [0.25, 0.3) is 11.5 Å². The molecule has 0 radical (unpaired) electrons. The van der Waals surface area contributed by atoms with Crippen LogP contribution in [0.3, 0.4) is 0 Å². The van der Waals surface area contributed by atoms with Crippen LogP contribution in [0.25, 0.3) is 16.6 Å². The summed E-state index contributed by atoms with van der Waals surface area (Å²) in [4.78, 5) is 24.9. The first-order valence-electron chi connectivity index (χ1n) is 8.55. The molecular weight excluding hydrogens is 388 g/mol. The van der Waals surface area contributed by atoms with Crippen LogP contribution in [-0.4, -0.2) is 39.3 Å². The van der Waals surface area contributed by atoms with Gasteiger partial charge in [0.1, 0.15) is 5.75 Å². The van der Waals surface area contributed by atoms with E-state index in [9.17, 15) is 18.4 Å². The van der Waals surface area contributed by atoms with Crippen LogP contribution in [-0.2, 0) is 0 Å². The van der Waals surface area contributed by atoms with Gasteiger partial charge in [-0.15, -0.1) is 0 Å². The maximum atomic E-state index is 12.5. The van der Waals surface area contributed by atoms with E-state index in [2.05, 4.69) is 15.2 Å². The van der Waals surface area contributed by atoms with Crippen molar-refractivity contribution in [2.24, 2.45) is 0 Å². The first-order chi connectivity index (χ1) is 13.3. The van der Waals surface area contributed by atoms with E-state index in [0.717, 1.165) is 11.5 Å². The normalized spacial score (nSPS) is 15.4. The van der Waals surface area contributed by atoms with E-state index in [1.54, 1.807) is 36.0 Å². The molecule has 1 fully saturated rings. The highest BCUT2D eigenvalue weighted by molar-refractivity contribution is 8.00. The zero-order chi connectivity index (χ0) is 19.9. The summed E-state index contributed by atoms with van der Waals surface area (Å²) in [6, 6.07) is 10.8. The number of carbonyl (C=O) groups excluding carboxylic acids is 1. The van der Waals surface area contributed by atoms with Crippen molar-refractivity contribution < 1.29 is 18.3 Å². The predicted molar refractivity (Wildman–Crippen MR) is 104 cm³/mol. The van der Waals surface area contributed by atoms with E-state index in [-0.39, 0.29) is 22.8 Å². The quantitative estimate of drug-likeness (QED) is 0.684. The molecule has 2 aromatic carbocycles. The lowest BCUT2D eigenvalue weighted by molar-refractivity contribution is -0.0498. The van der Waals surface area contributed by atoms with Gasteiger partial charge in [-0.2, -0.15) is 20.5 Å². The Balaban J connectivity index is 1.69. The van der Waals surface area contributed by atoms with E-state index in [0.29, 0.717) is 22.2 Å². The molecule has 3 aromatic rings. The summed E-state index contributed by atoms with van der Waals surface area (Å²) in [6.45, 7) is -0.954. The van der Waals surface area contributed by atoms with Gasteiger partial charge < -0.3 is 10.1 Å². The lowest BCUT2D eigenvalue weighted by Gasteiger charge is -2.38. The lowest BCUT2D eigenvalue weighted by atomic mass is 10.1. The van der Waals surface area contributed by atoms with E-state index < -0.39 is 6.61 Å². The zero-order valence-electron chi connectivity index (χ0n) is 14.9. The highest BCUT2D eigenvalue weighted by atomic mass is 32.2. The Kier molecular flexibility index (Phi) is 4.62. The van der Waals surface area contributed by atoms with Crippen LogP contribution in [0.2, 0.25) is 0 Å². The number of ether oxygens (including phenoxy) is 1. The summed E-state index contributed by atoms with van der Waals surface area (Å²) in [7, 11) is 0. The number of thioether (sulfide) groups is 1. The second-order valence-electron chi connectivity index (χ2n) is 6.89. The molecule has 6 nitrogen and oxygen atoms in total. The van der Waals surface area contributed by atoms with E-state index >= 15 is 0 Å². The third kappa shape index (κ3) is 3.49. The molecular formula is C19H17F2N3O3S. The number of fused-ring (bicyclic) bond motifs is 1. The fourth-order valence-corrected chi connectivity index (χ4v) is 4.07. The number of halogens is 2. The summed E-state index contributed by atoms with van der Waals surface area (Å²) in [5.41, 5.74) is 0.779. The van der Waals surface area contributed by atoms with Crippen LogP contribution in [0.15, 0.2) is 47.3 Å². The number of rotatable bonds is 5. The summed E-state index contributed by atoms with van der Waals surface area (Å²) in [6.07, 6.45) is 0. The Labute approximate surface area is 162 Å². The van der Waals surface area contributed by atoms with Crippen LogP contribution < -0.4 is 15.6 Å². The standard InChI is InChI=1S/C19H17F2N3O3S/c1-19(9-28-10-19)22-16(25)11-5-6-15-14(7-11)17(26)23-24(15)12-3-2-4-13(8-12)27-18(20)21/h2-8,18H,9-10H2,1H3,(H,22,25)(H,23,26). The molecule has 2 N–H and O–H groups in total. The summed E-state index contributed by atoms with van der Waals surface area (Å²) in [5.74, 6) is 1.46. The number of H-pyrrole nitrogens is 1. The van der Waals surface area contributed by atoms with E-state index in [4.69, 9.17) is 0 Å². The second-order valence-corrected chi connectivity index (χ2v) is 7.88. The number of nitrogens with one attached hydrogen (secondary N) is 2. The number of amides is 1. The second kappa shape index (κ2) is 6.97. The molecule has 0 unspecified atom stereocenters. The third-order valence-corrected chi connectivity index (χ3v) is 6.20. The van der Waals surface area contributed by atoms with Crippen molar-refractivity contribution in [2.75, 3.05) is 11.5 Å². The lowest BCUT2D eigenvalue weighted by Crippen LogP contribution is -2.55. The van der Waals surface area contributed by atoms with Crippen molar-refractivity contribution in [3.63, 3.8) is 0 Å². The van der Waals surface area contributed by atoms with Gasteiger partial charge in [0.05, 0.1) is 22.1 Å². The topological polar surface area (TPSA) is 76.1 Å². The van der Waals surface area contributed by atoms with Gasteiger partial charge in [-0.1, -0.05) is 6.07 Å². The van der Waals surface area contributed by atoms with Gasteiger partial charge in [0.2, 0.25) is 0 Å². The van der Waals surface area contributed by atoms with Gasteiger partial charge in [0, 0.05) is 23.1 Å². The number of carbonyl (C=O) groups is 1. The fourth-order valence-electron chi connectivity index (χ4n) is 3.11. The first kappa shape index (κ1) is 18.5. The molecule has 0 spiro atoms. The van der Waals surface area contributed by atoms with Gasteiger partial charge in [-0.05, 0) is 37.3 Å². The SMILES string of the molecule is CC1(NC(=O)c2ccc3c(c2)c(=O)[nH]n3-c2cccc(OC(F)F)c2)CSC1. The van der Waals surface area contributed by atoms with Gasteiger partial charge in [-0.25, -0.2) is 0 Å². The largest absolute Gasteiger partial charge is 0.435 e. The minimum Gasteiger partial charge on any atom is -0.435 e. The maximum Gasteiger partial charge on any atom is 0.387 e. The van der Waals surface area contributed by atoms with Crippen LogP contribution >= 0.6 is 11.8 Å². The smallest absolute Gasteiger partial charge is 0.387 e. The van der Waals surface area contributed by atoms with Crippen molar-refractivity contribution in [2.45, 2.75) is 19.1 Å². The minimum absolute atomic E-state index is 0.0159. The van der Waals surface area contributed by atoms with Crippen molar-refractivity contribution in [3.8, 4) is 11.4 Å². The van der Waals surface area contributed by atoms with Crippen molar-refractivity contribution in [3.05, 3.63) is 58.4 Å². The summed E-state index contributed by atoms with van der Waals surface area (Å²) in [5, 5.41) is 5.99. The summed E-state index contributed by atoms with van der Waals surface area (Å²) < 4.78 is 30.8. The molecule has 0 aliphatic carbocycles. The molecule has 0 bridgehead atoms. The fraction of sp³-hybridized carbons (Fsp3) is 0.263. The molecule has 4 rings (SSSR count). The predicted octanol–water partition coefficient (Wildman–Crippen LogP) is 3.16. The number of hydrogen-bond donors (Lipinski definition) is 2.